The summed E-state index contributed by atoms with van der Waals surface area (Å²) in [7, 11) is 0. The largest absolute Gasteiger partial charge is 0.342 e. The Morgan fingerprint density at radius 1 is 0.810 bits per heavy atom. The average molecular weight is 590 g/mol. The molecule has 1 heterocycles. The number of thioether (sulfide) groups is 1. The van der Waals surface area contributed by atoms with Gasteiger partial charge in [-0.3, -0.25) is 4.79 Å². The SMILES string of the molecule is CCCCCCCN(CCCCCSc1nc(-c2ccccc2)c(-c2ccccc2)[nH]1)C(=O)Cc1ccc(F)cc1F. The second-order valence-corrected chi connectivity index (χ2v) is 11.7. The van der Waals surface area contributed by atoms with Crippen LogP contribution in [-0.4, -0.2) is 39.6 Å². The molecule has 0 bridgehead atoms. The Morgan fingerprint density at radius 2 is 1.45 bits per heavy atom. The minimum atomic E-state index is -0.660. The summed E-state index contributed by atoms with van der Waals surface area (Å²) < 4.78 is 27.5. The van der Waals surface area contributed by atoms with Gasteiger partial charge >= 0.3 is 0 Å². The van der Waals surface area contributed by atoms with Crippen LogP contribution in [0.25, 0.3) is 22.5 Å². The van der Waals surface area contributed by atoms with E-state index in [-0.39, 0.29) is 17.9 Å². The van der Waals surface area contributed by atoms with E-state index in [2.05, 4.69) is 36.2 Å². The Hall–Kier alpha value is -3.45. The molecule has 0 atom stereocenters. The third-order valence-corrected chi connectivity index (χ3v) is 8.30. The summed E-state index contributed by atoms with van der Waals surface area (Å²) in [6.07, 6.45) is 8.38. The van der Waals surface area contributed by atoms with Crippen LogP contribution in [-0.2, 0) is 11.2 Å². The topological polar surface area (TPSA) is 49.0 Å². The molecule has 1 amide bonds. The monoisotopic (exact) mass is 589 g/mol. The number of aromatic nitrogens is 2. The molecule has 1 N–H and O–H groups in total. The number of unbranched alkanes of at least 4 members (excludes halogenated alkanes) is 6. The lowest BCUT2D eigenvalue weighted by Crippen LogP contribution is -2.34. The van der Waals surface area contributed by atoms with Crippen molar-refractivity contribution >= 4 is 17.7 Å². The van der Waals surface area contributed by atoms with Gasteiger partial charge < -0.3 is 9.88 Å². The van der Waals surface area contributed by atoms with E-state index in [4.69, 9.17) is 4.98 Å². The third-order valence-electron chi connectivity index (χ3n) is 7.34. The lowest BCUT2D eigenvalue weighted by atomic mass is 10.1. The van der Waals surface area contributed by atoms with Gasteiger partial charge in [-0.2, -0.15) is 0 Å². The first-order valence-electron chi connectivity index (χ1n) is 15.1. The first kappa shape index (κ1) is 31.5. The quantitative estimate of drug-likeness (QED) is 0.0986. The molecule has 0 fully saturated rings. The minimum Gasteiger partial charge on any atom is -0.342 e. The van der Waals surface area contributed by atoms with E-state index in [0.29, 0.717) is 13.1 Å². The number of hydrogen-bond donors (Lipinski definition) is 1. The van der Waals surface area contributed by atoms with E-state index in [1.165, 1.54) is 25.0 Å². The van der Waals surface area contributed by atoms with Gasteiger partial charge in [0.2, 0.25) is 5.91 Å². The first-order valence-corrected chi connectivity index (χ1v) is 16.1. The Morgan fingerprint density at radius 3 is 2.12 bits per heavy atom. The van der Waals surface area contributed by atoms with Crippen LogP contribution in [0.4, 0.5) is 8.78 Å². The van der Waals surface area contributed by atoms with Crippen LogP contribution in [0, 0.1) is 11.6 Å². The second kappa shape index (κ2) is 16.9. The normalized spacial score (nSPS) is 11.1. The summed E-state index contributed by atoms with van der Waals surface area (Å²) in [5.41, 5.74) is 4.41. The van der Waals surface area contributed by atoms with Gasteiger partial charge in [0.05, 0.1) is 17.8 Å². The summed E-state index contributed by atoms with van der Waals surface area (Å²) in [5.74, 6) is -0.465. The molecule has 4 nitrogen and oxygen atoms in total. The zero-order valence-corrected chi connectivity index (χ0v) is 25.3. The average Bonchev–Trinajstić information content (AvgIpc) is 3.44. The number of H-pyrrole nitrogens is 1. The molecule has 7 heteroatoms. The van der Waals surface area contributed by atoms with Gasteiger partial charge in [0.15, 0.2) is 5.16 Å². The molecule has 42 heavy (non-hydrogen) atoms. The number of carbonyl (C=O) groups excluding carboxylic acids is 1. The lowest BCUT2D eigenvalue weighted by molar-refractivity contribution is -0.130. The molecule has 3 aromatic carbocycles. The van der Waals surface area contributed by atoms with Gasteiger partial charge in [0, 0.05) is 36.0 Å². The third kappa shape index (κ3) is 9.55. The van der Waals surface area contributed by atoms with Gasteiger partial charge in [0.25, 0.3) is 0 Å². The Balaban J connectivity index is 1.29. The van der Waals surface area contributed by atoms with Crippen molar-refractivity contribution in [1.82, 2.24) is 14.9 Å². The van der Waals surface area contributed by atoms with Crippen molar-refractivity contribution in [1.29, 1.82) is 0 Å². The minimum absolute atomic E-state index is 0.0388. The highest BCUT2D eigenvalue weighted by Gasteiger charge is 2.17. The Labute approximate surface area is 253 Å². The van der Waals surface area contributed by atoms with E-state index in [9.17, 15) is 13.6 Å². The second-order valence-electron chi connectivity index (χ2n) is 10.6. The zero-order valence-electron chi connectivity index (χ0n) is 24.5. The smallest absolute Gasteiger partial charge is 0.227 e. The number of nitrogens with zero attached hydrogens (tertiary/aromatic N) is 2. The number of aromatic amines is 1. The summed E-state index contributed by atoms with van der Waals surface area (Å²) >= 11 is 1.72. The summed E-state index contributed by atoms with van der Waals surface area (Å²) in [6, 6.07) is 23.9. The highest BCUT2D eigenvalue weighted by molar-refractivity contribution is 7.99. The molecular formula is C35H41F2N3OS. The van der Waals surface area contributed by atoms with Crippen molar-refractivity contribution in [3.8, 4) is 22.5 Å². The predicted molar refractivity (Wildman–Crippen MR) is 169 cm³/mol. The highest BCUT2D eigenvalue weighted by atomic mass is 32.2. The molecule has 0 saturated carbocycles. The molecule has 0 spiro atoms. The van der Waals surface area contributed by atoms with Crippen LogP contribution in [0.1, 0.15) is 63.9 Å². The molecule has 4 rings (SSSR count). The van der Waals surface area contributed by atoms with Crippen LogP contribution in [0.3, 0.4) is 0 Å². The summed E-state index contributed by atoms with van der Waals surface area (Å²) in [5, 5.41) is 0.901. The molecule has 4 aromatic rings. The molecular weight excluding hydrogens is 548 g/mol. The fraction of sp³-hybridized carbons (Fsp3) is 0.371. The van der Waals surface area contributed by atoms with E-state index in [1.807, 2.05) is 41.3 Å². The zero-order chi connectivity index (χ0) is 29.6. The van der Waals surface area contributed by atoms with Crippen LogP contribution in [0.2, 0.25) is 0 Å². The Bertz CT molecular complexity index is 1320. The van der Waals surface area contributed by atoms with Crippen molar-refractivity contribution in [2.24, 2.45) is 0 Å². The number of rotatable bonds is 17. The molecule has 0 saturated heterocycles. The molecule has 0 unspecified atom stereocenters. The Kier molecular flexibility index (Phi) is 12.6. The maximum Gasteiger partial charge on any atom is 0.227 e. The number of halogens is 2. The molecule has 0 radical (unpaired) electrons. The van der Waals surface area contributed by atoms with Crippen LogP contribution < -0.4 is 0 Å². The molecule has 222 valence electrons. The summed E-state index contributed by atoms with van der Waals surface area (Å²) in [6.45, 7) is 3.51. The van der Waals surface area contributed by atoms with E-state index >= 15 is 0 Å². The fourth-order valence-corrected chi connectivity index (χ4v) is 5.87. The number of imidazole rings is 1. The number of carbonyl (C=O) groups is 1. The van der Waals surface area contributed by atoms with Crippen molar-refractivity contribution in [2.75, 3.05) is 18.8 Å². The van der Waals surface area contributed by atoms with Crippen molar-refractivity contribution in [3.63, 3.8) is 0 Å². The molecule has 0 aliphatic rings. The lowest BCUT2D eigenvalue weighted by Gasteiger charge is -2.23. The van der Waals surface area contributed by atoms with Crippen molar-refractivity contribution in [3.05, 3.63) is 96.1 Å². The maximum atomic E-state index is 14.2. The highest BCUT2D eigenvalue weighted by Crippen LogP contribution is 2.32. The number of hydrogen-bond acceptors (Lipinski definition) is 3. The number of amides is 1. The van der Waals surface area contributed by atoms with Gasteiger partial charge in [0.1, 0.15) is 11.6 Å². The number of benzene rings is 3. The van der Waals surface area contributed by atoms with E-state index in [0.717, 1.165) is 78.0 Å². The van der Waals surface area contributed by atoms with Gasteiger partial charge in [-0.05, 0) is 30.9 Å². The predicted octanol–water partition coefficient (Wildman–Crippen LogP) is 9.33. The molecule has 0 aliphatic carbocycles. The van der Waals surface area contributed by atoms with E-state index in [1.54, 1.807) is 11.8 Å². The van der Waals surface area contributed by atoms with Gasteiger partial charge in [-0.1, -0.05) is 118 Å². The molecule has 0 aliphatic heterocycles. The van der Waals surface area contributed by atoms with Crippen molar-refractivity contribution < 1.29 is 13.6 Å². The van der Waals surface area contributed by atoms with Crippen LogP contribution in [0.15, 0.2) is 84.0 Å². The summed E-state index contributed by atoms with van der Waals surface area (Å²) in [4.78, 5) is 23.4. The van der Waals surface area contributed by atoms with Crippen LogP contribution in [0.5, 0.6) is 0 Å². The first-order chi connectivity index (χ1) is 20.5. The van der Waals surface area contributed by atoms with E-state index < -0.39 is 11.6 Å². The number of nitrogens with one attached hydrogen (secondary N) is 1. The van der Waals surface area contributed by atoms with Crippen molar-refractivity contribution in [2.45, 2.75) is 69.9 Å². The van der Waals surface area contributed by atoms with Crippen LogP contribution >= 0.6 is 11.8 Å². The maximum absolute atomic E-state index is 14.2. The fourth-order valence-electron chi connectivity index (χ4n) is 5.00. The van der Waals surface area contributed by atoms with Gasteiger partial charge in [-0.25, -0.2) is 13.8 Å². The standard InChI is InChI=1S/C35H41F2N3OS/c1-2-3-4-5-13-22-40(32(41)25-29-20-21-30(36)26-31(29)37)23-14-8-15-24-42-35-38-33(27-16-9-6-10-17-27)34(39-35)28-18-11-7-12-19-28/h6-7,9-12,16-21,26H,2-5,8,13-15,22-25H2,1H3,(H,38,39). The molecule has 1 aromatic heterocycles. The van der Waals surface area contributed by atoms with Gasteiger partial charge in [-0.15, -0.1) is 0 Å².